The summed E-state index contributed by atoms with van der Waals surface area (Å²) in [7, 11) is 0. The van der Waals surface area contributed by atoms with Gasteiger partial charge in [0.15, 0.2) is 5.16 Å². The number of benzene rings is 1. The zero-order valence-corrected chi connectivity index (χ0v) is 14.4. The second kappa shape index (κ2) is 5.38. The number of halogens is 2. The third-order valence-electron chi connectivity index (χ3n) is 4.54. The van der Waals surface area contributed by atoms with Crippen LogP contribution in [-0.2, 0) is 29.8 Å². The zero-order valence-electron chi connectivity index (χ0n) is 12.0. The van der Waals surface area contributed by atoms with Crippen molar-refractivity contribution in [2.75, 3.05) is 6.26 Å². The molecule has 3 nitrogen and oxygen atoms in total. The van der Waals surface area contributed by atoms with Crippen LogP contribution in [0.25, 0.3) is 0 Å². The summed E-state index contributed by atoms with van der Waals surface area (Å²) in [5.41, 5.74) is 4.01. The summed E-state index contributed by atoms with van der Waals surface area (Å²) in [6, 6.07) is 6.06. The predicted molar refractivity (Wildman–Crippen MR) is 88.8 cm³/mol. The first-order valence-electron chi connectivity index (χ1n) is 7.14. The summed E-state index contributed by atoms with van der Waals surface area (Å²) in [4.78, 5) is 8.96. The topological polar surface area (TPSA) is 35.0 Å². The van der Waals surface area contributed by atoms with E-state index in [-0.39, 0.29) is 5.60 Å². The number of ether oxygens (including phenoxy) is 1. The first-order valence-corrected chi connectivity index (χ1v) is 9.12. The average molecular weight is 353 g/mol. The molecule has 1 atom stereocenters. The van der Waals surface area contributed by atoms with Gasteiger partial charge in [0.1, 0.15) is 5.15 Å². The van der Waals surface area contributed by atoms with Gasteiger partial charge in [-0.15, -0.1) is 0 Å². The lowest BCUT2D eigenvalue weighted by Crippen LogP contribution is -2.34. The smallest absolute Gasteiger partial charge is 0.188 e. The third-order valence-corrected chi connectivity index (χ3v) is 5.75. The molecule has 2 heterocycles. The fraction of sp³-hybridized carbons (Fsp3) is 0.375. The number of fused-ring (bicyclic) bond motifs is 3. The largest absolute Gasteiger partial charge is 0.365 e. The van der Waals surface area contributed by atoms with Crippen molar-refractivity contribution < 1.29 is 4.74 Å². The summed E-state index contributed by atoms with van der Waals surface area (Å²) in [5, 5.41) is 2.05. The molecule has 0 saturated heterocycles. The highest BCUT2D eigenvalue weighted by Crippen LogP contribution is 2.48. The first-order chi connectivity index (χ1) is 10.6. The Hall–Kier alpha value is -0.810. The Morgan fingerprint density at radius 1 is 1.23 bits per heavy atom. The highest BCUT2D eigenvalue weighted by Gasteiger charge is 2.44. The van der Waals surface area contributed by atoms with Gasteiger partial charge in [-0.3, -0.25) is 0 Å². The van der Waals surface area contributed by atoms with Gasteiger partial charge in [0, 0.05) is 17.0 Å². The molecule has 1 spiro atoms. The molecular weight excluding hydrogens is 339 g/mol. The minimum absolute atomic E-state index is 0.319. The van der Waals surface area contributed by atoms with E-state index in [9.17, 15) is 0 Å². The van der Waals surface area contributed by atoms with E-state index in [4.69, 9.17) is 27.9 Å². The van der Waals surface area contributed by atoms with Crippen LogP contribution in [0.5, 0.6) is 0 Å². The van der Waals surface area contributed by atoms with Crippen LogP contribution in [0.1, 0.15) is 28.8 Å². The summed E-state index contributed by atoms with van der Waals surface area (Å²) in [5.74, 6) is 0. The Morgan fingerprint density at radius 2 is 2.09 bits per heavy atom. The van der Waals surface area contributed by atoms with Crippen LogP contribution in [0.2, 0.25) is 10.2 Å². The number of hydrogen-bond donors (Lipinski definition) is 0. The maximum atomic E-state index is 6.34. The Labute approximate surface area is 143 Å². The molecule has 0 bridgehead atoms. The Morgan fingerprint density at radius 3 is 2.91 bits per heavy atom. The van der Waals surface area contributed by atoms with Gasteiger partial charge in [0.25, 0.3) is 0 Å². The second-order valence-electron chi connectivity index (χ2n) is 5.65. The first kappa shape index (κ1) is 14.8. The van der Waals surface area contributed by atoms with E-state index in [1.807, 2.05) is 18.4 Å². The summed E-state index contributed by atoms with van der Waals surface area (Å²) >= 11 is 14.1. The number of rotatable bonds is 1. The van der Waals surface area contributed by atoms with E-state index in [2.05, 4.69) is 16.0 Å². The monoisotopic (exact) mass is 352 g/mol. The third kappa shape index (κ3) is 2.16. The van der Waals surface area contributed by atoms with Crippen LogP contribution in [0, 0.1) is 0 Å². The molecule has 6 heteroatoms. The van der Waals surface area contributed by atoms with Crippen LogP contribution >= 0.6 is 35.0 Å². The molecule has 0 amide bonds. The molecule has 1 aromatic carbocycles. The zero-order chi connectivity index (χ0) is 15.3. The van der Waals surface area contributed by atoms with Gasteiger partial charge < -0.3 is 4.74 Å². The van der Waals surface area contributed by atoms with Crippen molar-refractivity contribution in [1.29, 1.82) is 0 Å². The van der Waals surface area contributed by atoms with Gasteiger partial charge in [-0.2, -0.15) is 0 Å². The maximum absolute atomic E-state index is 6.34. The SMILES string of the molecule is CSc1nc(Cl)c2c(n1)C[C@]1(CCc3c(Cl)cccc31)OC2. The van der Waals surface area contributed by atoms with E-state index in [0.29, 0.717) is 16.9 Å². The fourth-order valence-corrected chi connectivity index (χ4v) is 4.37. The predicted octanol–water partition coefficient (Wildman–Crippen LogP) is 4.42. The molecule has 114 valence electrons. The summed E-state index contributed by atoms with van der Waals surface area (Å²) in [6.45, 7) is 0.453. The molecule has 1 aliphatic carbocycles. The maximum Gasteiger partial charge on any atom is 0.188 e. The quantitative estimate of drug-likeness (QED) is 0.432. The van der Waals surface area contributed by atoms with Crippen molar-refractivity contribution in [3.05, 3.63) is 50.8 Å². The lowest BCUT2D eigenvalue weighted by atomic mass is 9.87. The van der Waals surface area contributed by atoms with E-state index < -0.39 is 0 Å². The Balaban J connectivity index is 1.80. The van der Waals surface area contributed by atoms with Gasteiger partial charge in [-0.1, -0.05) is 47.1 Å². The summed E-state index contributed by atoms with van der Waals surface area (Å²) in [6.07, 6.45) is 4.56. The highest BCUT2D eigenvalue weighted by atomic mass is 35.5. The Bertz CT molecular complexity index is 768. The molecular formula is C16H14Cl2N2OS. The Kier molecular flexibility index (Phi) is 3.61. The molecule has 2 aromatic rings. The van der Waals surface area contributed by atoms with Gasteiger partial charge in [0.05, 0.1) is 17.9 Å². The van der Waals surface area contributed by atoms with Gasteiger partial charge in [-0.25, -0.2) is 9.97 Å². The minimum Gasteiger partial charge on any atom is -0.365 e. The van der Waals surface area contributed by atoms with Crippen LogP contribution in [-0.4, -0.2) is 16.2 Å². The molecule has 0 radical (unpaired) electrons. The minimum atomic E-state index is -0.319. The molecule has 0 fully saturated rings. The lowest BCUT2D eigenvalue weighted by Gasteiger charge is -2.35. The molecule has 0 N–H and O–H groups in total. The van der Waals surface area contributed by atoms with Crippen molar-refractivity contribution in [3.8, 4) is 0 Å². The number of aromatic nitrogens is 2. The molecule has 22 heavy (non-hydrogen) atoms. The molecule has 4 rings (SSSR count). The van der Waals surface area contributed by atoms with E-state index in [1.165, 1.54) is 22.9 Å². The highest BCUT2D eigenvalue weighted by molar-refractivity contribution is 7.98. The lowest BCUT2D eigenvalue weighted by molar-refractivity contribution is -0.0732. The second-order valence-corrected chi connectivity index (χ2v) is 7.19. The fourth-order valence-electron chi connectivity index (χ4n) is 3.43. The number of nitrogens with zero attached hydrogens (tertiary/aromatic N) is 2. The van der Waals surface area contributed by atoms with Gasteiger partial charge >= 0.3 is 0 Å². The van der Waals surface area contributed by atoms with Crippen molar-refractivity contribution in [3.63, 3.8) is 0 Å². The summed E-state index contributed by atoms with van der Waals surface area (Å²) < 4.78 is 6.26. The molecule has 0 unspecified atom stereocenters. The van der Waals surface area contributed by atoms with Crippen LogP contribution in [0.4, 0.5) is 0 Å². The van der Waals surface area contributed by atoms with E-state index in [0.717, 1.165) is 35.5 Å². The number of thioether (sulfide) groups is 1. The average Bonchev–Trinajstić information content (AvgIpc) is 2.87. The molecule has 0 saturated carbocycles. The number of hydrogen-bond acceptors (Lipinski definition) is 4. The van der Waals surface area contributed by atoms with Crippen molar-refractivity contribution in [2.24, 2.45) is 0 Å². The van der Waals surface area contributed by atoms with Crippen LogP contribution < -0.4 is 0 Å². The van der Waals surface area contributed by atoms with E-state index >= 15 is 0 Å². The molecule has 2 aliphatic rings. The van der Waals surface area contributed by atoms with E-state index in [1.54, 1.807) is 0 Å². The van der Waals surface area contributed by atoms with Crippen molar-refractivity contribution >= 4 is 35.0 Å². The van der Waals surface area contributed by atoms with Gasteiger partial charge in [0.2, 0.25) is 0 Å². The van der Waals surface area contributed by atoms with Crippen LogP contribution in [0.3, 0.4) is 0 Å². The standard InChI is InChI=1S/C16H14Cl2N2OS/c1-22-15-19-13-7-16(21-8-10(13)14(18)20-15)6-5-9-11(16)3-2-4-12(9)17/h2-4H,5-8H2,1H3/t16-/m0/s1. The van der Waals surface area contributed by atoms with Crippen LogP contribution in [0.15, 0.2) is 23.4 Å². The molecule has 1 aromatic heterocycles. The normalized spacial score (nSPS) is 22.7. The molecule has 1 aliphatic heterocycles. The van der Waals surface area contributed by atoms with Crippen molar-refractivity contribution in [1.82, 2.24) is 9.97 Å². The van der Waals surface area contributed by atoms with Crippen molar-refractivity contribution in [2.45, 2.75) is 36.6 Å². The van der Waals surface area contributed by atoms with Gasteiger partial charge in [-0.05, 0) is 36.3 Å².